The number of hydrogen-bond donors (Lipinski definition) is 1. The van der Waals surface area contributed by atoms with Gasteiger partial charge in [0.15, 0.2) is 11.5 Å². The molecule has 0 atom stereocenters. The molecular weight excluding hydrogens is 282 g/mol. The largest absolute Gasteiger partial charge is 0.493 e. The van der Waals surface area contributed by atoms with Crippen LogP contribution in [0.3, 0.4) is 0 Å². The first kappa shape index (κ1) is 16.3. The molecule has 2 rings (SSSR count). The predicted octanol–water partition coefficient (Wildman–Crippen LogP) is 2.64. The van der Waals surface area contributed by atoms with E-state index in [0.29, 0.717) is 17.2 Å². The third kappa shape index (κ3) is 3.39. The van der Waals surface area contributed by atoms with Gasteiger partial charge >= 0.3 is 0 Å². The zero-order chi connectivity index (χ0) is 15.9. The van der Waals surface area contributed by atoms with Crippen molar-refractivity contribution in [2.45, 2.75) is 39.3 Å². The SMILES string of the molecule is CCCCCn1nnc(CO)c1-c1ccc(OC)c(OC)c1. The molecule has 0 fully saturated rings. The fourth-order valence-corrected chi connectivity index (χ4v) is 2.42. The van der Waals surface area contributed by atoms with Gasteiger partial charge in [0, 0.05) is 12.1 Å². The van der Waals surface area contributed by atoms with E-state index in [9.17, 15) is 5.11 Å². The zero-order valence-electron chi connectivity index (χ0n) is 13.4. The minimum absolute atomic E-state index is 0.141. The van der Waals surface area contributed by atoms with Crippen molar-refractivity contribution in [1.29, 1.82) is 0 Å². The van der Waals surface area contributed by atoms with Gasteiger partial charge in [-0.25, -0.2) is 4.68 Å². The van der Waals surface area contributed by atoms with Crippen LogP contribution < -0.4 is 9.47 Å². The smallest absolute Gasteiger partial charge is 0.161 e. The molecule has 0 radical (unpaired) electrons. The van der Waals surface area contributed by atoms with Gasteiger partial charge in [0.2, 0.25) is 0 Å². The van der Waals surface area contributed by atoms with E-state index in [1.807, 2.05) is 22.9 Å². The van der Waals surface area contributed by atoms with E-state index in [1.165, 1.54) is 0 Å². The molecule has 1 N–H and O–H groups in total. The number of aliphatic hydroxyl groups excluding tert-OH is 1. The average Bonchev–Trinajstić information content (AvgIpc) is 2.97. The van der Waals surface area contributed by atoms with Crippen LogP contribution >= 0.6 is 0 Å². The van der Waals surface area contributed by atoms with Crippen LogP contribution in [-0.2, 0) is 13.2 Å². The lowest BCUT2D eigenvalue weighted by Gasteiger charge is -2.11. The number of aromatic nitrogens is 3. The number of hydrogen-bond acceptors (Lipinski definition) is 5. The summed E-state index contributed by atoms with van der Waals surface area (Å²) in [7, 11) is 3.21. The summed E-state index contributed by atoms with van der Waals surface area (Å²) in [6.07, 6.45) is 3.32. The van der Waals surface area contributed by atoms with E-state index in [4.69, 9.17) is 9.47 Å². The molecule has 0 spiro atoms. The molecule has 0 bridgehead atoms. The molecule has 0 saturated heterocycles. The van der Waals surface area contributed by atoms with Gasteiger partial charge in [-0.05, 0) is 24.6 Å². The van der Waals surface area contributed by atoms with E-state index < -0.39 is 0 Å². The van der Waals surface area contributed by atoms with E-state index in [1.54, 1.807) is 14.2 Å². The number of aryl methyl sites for hydroxylation is 1. The molecule has 0 aliphatic rings. The number of methoxy groups -OCH3 is 2. The lowest BCUT2D eigenvalue weighted by molar-refractivity contribution is 0.277. The van der Waals surface area contributed by atoms with E-state index in [-0.39, 0.29) is 6.61 Å². The summed E-state index contributed by atoms with van der Waals surface area (Å²) < 4.78 is 12.5. The van der Waals surface area contributed by atoms with Crippen LogP contribution in [-0.4, -0.2) is 34.3 Å². The Hall–Kier alpha value is -2.08. The lowest BCUT2D eigenvalue weighted by atomic mass is 10.1. The molecule has 0 amide bonds. The number of unbranched alkanes of at least 4 members (excludes halogenated alkanes) is 2. The van der Waals surface area contributed by atoms with Crippen LogP contribution in [0, 0.1) is 0 Å². The van der Waals surface area contributed by atoms with Crippen molar-refractivity contribution in [3.63, 3.8) is 0 Å². The van der Waals surface area contributed by atoms with Crippen LogP contribution in [0.15, 0.2) is 18.2 Å². The van der Waals surface area contributed by atoms with Gasteiger partial charge in [-0.3, -0.25) is 0 Å². The standard InChI is InChI=1S/C16H23N3O3/c1-4-5-6-9-19-16(13(11-20)17-18-19)12-7-8-14(21-2)15(10-12)22-3/h7-8,10,20H,4-6,9,11H2,1-3H3. The second-order valence-corrected chi connectivity index (χ2v) is 5.04. The maximum Gasteiger partial charge on any atom is 0.161 e. The van der Waals surface area contributed by atoms with Crippen LogP contribution in [0.4, 0.5) is 0 Å². The second kappa shape index (κ2) is 7.79. The number of benzene rings is 1. The molecule has 0 aliphatic carbocycles. The third-order valence-electron chi connectivity index (χ3n) is 3.59. The number of ether oxygens (including phenoxy) is 2. The first-order valence-electron chi connectivity index (χ1n) is 7.50. The summed E-state index contributed by atoms with van der Waals surface area (Å²) in [5, 5.41) is 17.8. The molecule has 120 valence electrons. The fourth-order valence-electron chi connectivity index (χ4n) is 2.42. The summed E-state index contributed by atoms with van der Waals surface area (Å²) in [6, 6.07) is 5.65. The molecule has 1 heterocycles. The van der Waals surface area contributed by atoms with Gasteiger partial charge < -0.3 is 14.6 Å². The van der Waals surface area contributed by atoms with Gasteiger partial charge in [0.25, 0.3) is 0 Å². The quantitative estimate of drug-likeness (QED) is 0.759. The Morgan fingerprint density at radius 3 is 2.55 bits per heavy atom. The van der Waals surface area contributed by atoms with Crippen molar-refractivity contribution in [2.24, 2.45) is 0 Å². The normalized spacial score (nSPS) is 10.7. The summed E-state index contributed by atoms with van der Waals surface area (Å²) >= 11 is 0. The summed E-state index contributed by atoms with van der Waals surface area (Å²) in [4.78, 5) is 0. The number of rotatable bonds is 8. The highest BCUT2D eigenvalue weighted by molar-refractivity contribution is 5.66. The van der Waals surface area contributed by atoms with E-state index in [0.717, 1.165) is 37.1 Å². The van der Waals surface area contributed by atoms with Gasteiger partial charge in [-0.2, -0.15) is 0 Å². The maximum absolute atomic E-state index is 9.52. The molecule has 0 unspecified atom stereocenters. The van der Waals surface area contributed by atoms with Crippen LogP contribution in [0.1, 0.15) is 31.9 Å². The Bertz CT molecular complexity index is 611. The Balaban J connectivity index is 2.39. The first-order valence-corrected chi connectivity index (χ1v) is 7.50. The van der Waals surface area contributed by atoms with Crippen LogP contribution in [0.25, 0.3) is 11.3 Å². The molecule has 1 aromatic carbocycles. The average molecular weight is 305 g/mol. The molecule has 2 aromatic rings. The monoisotopic (exact) mass is 305 g/mol. The predicted molar refractivity (Wildman–Crippen MR) is 84.0 cm³/mol. The Kier molecular flexibility index (Phi) is 5.77. The van der Waals surface area contributed by atoms with Crippen molar-refractivity contribution < 1.29 is 14.6 Å². The lowest BCUT2D eigenvalue weighted by Crippen LogP contribution is -2.04. The highest BCUT2D eigenvalue weighted by Gasteiger charge is 2.16. The topological polar surface area (TPSA) is 69.4 Å². The number of aliphatic hydroxyl groups is 1. The van der Waals surface area contributed by atoms with Crippen LogP contribution in [0.5, 0.6) is 11.5 Å². The van der Waals surface area contributed by atoms with E-state index in [2.05, 4.69) is 17.2 Å². The summed E-state index contributed by atoms with van der Waals surface area (Å²) in [6.45, 7) is 2.80. The molecule has 22 heavy (non-hydrogen) atoms. The van der Waals surface area contributed by atoms with Crippen molar-refractivity contribution in [1.82, 2.24) is 15.0 Å². The molecular formula is C16H23N3O3. The van der Waals surface area contributed by atoms with Gasteiger partial charge in [0.05, 0.1) is 26.5 Å². The van der Waals surface area contributed by atoms with E-state index >= 15 is 0 Å². The van der Waals surface area contributed by atoms with Gasteiger partial charge in [-0.1, -0.05) is 25.0 Å². The molecule has 1 aromatic heterocycles. The zero-order valence-corrected chi connectivity index (χ0v) is 13.4. The first-order chi connectivity index (χ1) is 10.7. The minimum atomic E-state index is -0.141. The second-order valence-electron chi connectivity index (χ2n) is 5.04. The Morgan fingerprint density at radius 1 is 1.14 bits per heavy atom. The molecule has 6 nitrogen and oxygen atoms in total. The van der Waals surface area contributed by atoms with Crippen molar-refractivity contribution in [2.75, 3.05) is 14.2 Å². The van der Waals surface area contributed by atoms with Crippen LogP contribution in [0.2, 0.25) is 0 Å². The van der Waals surface area contributed by atoms with Crippen molar-refractivity contribution >= 4 is 0 Å². The minimum Gasteiger partial charge on any atom is -0.493 e. The Labute approximate surface area is 130 Å². The summed E-state index contributed by atoms with van der Waals surface area (Å²) in [5.41, 5.74) is 2.31. The molecule has 0 aliphatic heterocycles. The Morgan fingerprint density at radius 2 is 1.91 bits per heavy atom. The van der Waals surface area contributed by atoms with Crippen molar-refractivity contribution in [3.05, 3.63) is 23.9 Å². The highest BCUT2D eigenvalue weighted by atomic mass is 16.5. The number of nitrogens with zero attached hydrogens (tertiary/aromatic N) is 3. The highest BCUT2D eigenvalue weighted by Crippen LogP contribution is 2.33. The molecule has 6 heteroatoms. The molecule has 0 saturated carbocycles. The third-order valence-corrected chi connectivity index (χ3v) is 3.59. The summed E-state index contributed by atoms with van der Waals surface area (Å²) in [5.74, 6) is 1.31. The van der Waals surface area contributed by atoms with Gasteiger partial charge in [0.1, 0.15) is 5.69 Å². The van der Waals surface area contributed by atoms with Crippen molar-refractivity contribution in [3.8, 4) is 22.8 Å². The van der Waals surface area contributed by atoms with Gasteiger partial charge in [-0.15, -0.1) is 5.10 Å². The maximum atomic E-state index is 9.52. The fraction of sp³-hybridized carbons (Fsp3) is 0.500.